The maximum Gasteiger partial charge on any atom is 0.151 e. The van der Waals surface area contributed by atoms with Crippen molar-refractivity contribution in [2.24, 2.45) is 5.73 Å². The summed E-state index contributed by atoms with van der Waals surface area (Å²) in [5, 5.41) is 0. The van der Waals surface area contributed by atoms with Crippen LogP contribution in [0.25, 0.3) is 0 Å². The molecule has 0 heterocycles. The predicted octanol–water partition coefficient (Wildman–Crippen LogP) is -0.0640. The fourth-order valence-electron chi connectivity index (χ4n) is 0.545. The zero-order valence-electron chi connectivity index (χ0n) is 5.91. The van der Waals surface area contributed by atoms with E-state index < -0.39 is 9.84 Å². The Morgan fingerprint density at radius 3 is 2.40 bits per heavy atom. The summed E-state index contributed by atoms with van der Waals surface area (Å²) in [4.78, 5) is 0. The van der Waals surface area contributed by atoms with E-state index in [9.17, 15) is 8.42 Å². The van der Waals surface area contributed by atoms with Crippen LogP contribution in [0.15, 0.2) is 12.7 Å². The maximum absolute atomic E-state index is 10.9. The number of sulfone groups is 1. The lowest BCUT2D eigenvalue weighted by molar-refractivity contribution is 0.595. The molecule has 0 radical (unpaired) electrons. The number of allylic oxidation sites excluding steroid dienone is 1. The summed E-state index contributed by atoms with van der Waals surface area (Å²) in [5.41, 5.74) is 5.08. The smallest absolute Gasteiger partial charge is 0.151 e. The molecule has 3 nitrogen and oxygen atoms in total. The van der Waals surface area contributed by atoms with Gasteiger partial charge in [0.1, 0.15) is 0 Å². The highest BCUT2D eigenvalue weighted by molar-refractivity contribution is 7.91. The van der Waals surface area contributed by atoms with Crippen LogP contribution in [0.5, 0.6) is 0 Å². The second-order valence-electron chi connectivity index (χ2n) is 2.02. The van der Waals surface area contributed by atoms with E-state index in [-0.39, 0.29) is 18.1 Å². The topological polar surface area (TPSA) is 60.2 Å². The van der Waals surface area contributed by atoms with E-state index >= 15 is 0 Å². The summed E-state index contributed by atoms with van der Waals surface area (Å²) in [6.45, 7) is 3.64. The Kier molecular flexibility index (Phi) is 4.31. The van der Waals surface area contributed by atoms with Gasteiger partial charge in [0, 0.05) is 6.54 Å². The molecule has 0 bridgehead atoms. The molecule has 0 saturated carbocycles. The zero-order valence-corrected chi connectivity index (χ0v) is 6.73. The molecule has 4 heteroatoms. The van der Waals surface area contributed by atoms with Crippen LogP contribution in [0.4, 0.5) is 0 Å². The van der Waals surface area contributed by atoms with Crippen LogP contribution in [0, 0.1) is 0 Å². The second-order valence-corrected chi connectivity index (χ2v) is 4.32. The summed E-state index contributed by atoms with van der Waals surface area (Å²) in [6.07, 6.45) is 2.11. The molecule has 0 aliphatic carbocycles. The van der Waals surface area contributed by atoms with Crippen molar-refractivity contribution in [2.75, 3.05) is 18.1 Å². The predicted molar refractivity (Wildman–Crippen MR) is 42.5 cm³/mol. The Hall–Kier alpha value is -0.350. The quantitative estimate of drug-likeness (QED) is 0.577. The van der Waals surface area contributed by atoms with Gasteiger partial charge in [0.15, 0.2) is 9.84 Å². The fraction of sp³-hybridized carbons (Fsp3) is 0.667. The number of hydrogen-bond donors (Lipinski definition) is 1. The van der Waals surface area contributed by atoms with E-state index in [0.717, 1.165) is 0 Å². The van der Waals surface area contributed by atoms with Gasteiger partial charge in [0.05, 0.1) is 11.5 Å². The van der Waals surface area contributed by atoms with Gasteiger partial charge in [-0.2, -0.15) is 0 Å². The monoisotopic (exact) mass is 163 g/mol. The Morgan fingerprint density at radius 1 is 1.40 bits per heavy atom. The van der Waals surface area contributed by atoms with Crippen molar-refractivity contribution < 1.29 is 8.42 Å². The van der Waals surface area contributed by atoms with Crippen molar-refractivity contribution in [3.8, 4) is 0 Å². The number of rotatable bonds is 5. The largest absolute Gasteiger partial charge is 0.329 e. The lowest BCUT2D eigenvalue weighted by Crippen LogP contribution is -2.18. The molecular weight excluding hydrogens is 150 g/mol. The highest BCUT2D eigenvalue weighted by Crippen LogP contribution is 1.92. The van der Waals surface area contributed by atoms with Gasteiger partial charge in [0.25, 0.3) is 0 Å². The Balaban J connectivity index is 3.76. The van der Waals surface area contributed by atoms with Gasteiger partial charge in [-0.3, -0.25) is 0 Å². The van der Waals surface area contributed by atoms with Crippen LogP contribution in [-0.2, 0) is 9.84 Å². The minimum atomic E-state index is -2.89. The highest BCUT2D eigenvalue weighted by Gasteiger charge is 2.06. The zero-order chi connectivity index (χ0) is 8.04. The molecule has 0 fully saturated rings. The first-order valence-electron chi connectivity index (χ1n) is 3.14. The van der Waals surface area contributed by atoms with E-state index in [1.807, 2.05) is 0 Å². The van der Waals surface area contributed by atoms with E-state index in [2.05, 4.69) is 6.58 Å². The summed E-state index contributed by atoms with van der Waals surface area (Å²) in [6, 6.07) is 0. The van der Waals surface area contributed by atoms with Crippen LogP contribution < -0.4 is 5.73 Å². The maximum atomic E-state index is 10.9. The van der Waals surface area contributed by atoms with Crippen LogP contribution in [0.2, 0.25) is 0 Å². The third-order valence-corrected chi connectivity index (χ3v) is 2.78. The van der Waals surface area contributed by atoms with Gasteiger partial charge < -0.3 is 5.73 Å². The van der Waals surface area contributed by atoms with Crippen molar-refractivity contribution in [2.45, 2.75) is 6.42 Å². The molecule has 0 amide bonds. The average molecular weight is 163 g/mol. The van der Waals surface area contributed by atoms with Crippen molar-refractivity contribution in [3.05, 3.63) is 12.7 Å². The van der Waals surface area contributed by atoms with E-state index in [4.69, 9.17) is 5.73 Å². The van der Waals surface area contributed by atoms with Crippen LogP contribution in [0.1, 0.15) is 6.42 Å². The van der Waals surface area contributed by atoms with Crippen LogP contribution in [-0.4, -0.2) is 26.5 Å². The first-order chi connectivity index (χ1) is 4.62. The molecule has 60 valence electrons. The first-order valence-corrected chi connectivity index (χ1v) is 4.96. The molecule has 0 rings (SSSR count). The van der Waals surface area contributed by atoms with E-state index in [0.29, 0.717) is 6.42 Å². The van der Waals surface area contributed by atoms with E-state index in [1.54, 1.807) is 6.08 Å². The fourth-order valence-corrected chi connectivity index (χ4v) is 1.63. The summed E-state index contributed by atoms with van der Waals surface area (Å²) < 4.78 is 21.7. The van der Waals surface area contributed by atoms with Gasteiger partial charge >= 0.3 is 0 Å². The molecule has 0 aliphatic heterocycles. The van der Waals surface area contributed by atoms with Crippen molar-refractivity contribution >= 4 is 9.84 Å². The summed E-state index contributed by atoms with van der Waals surface area (Å²) in [5.74, 6) is 0.258. The summed E-state index contributed by atoms with van der Waals surface area (Å²) >= 11 is 0. The molecule has 0 aliphatic rings. The van der Waals surface area contributed by atoms with Crippen molar-refractivity contribution in [1.29, 1.82) is 0 Å². The van der Waals surface area contributed by atoms with Gasteiger partial charge in [-0.1, -0.05) is 6.08 Å². The Bertz CT molecular complexity index is 184. The Labute approximate surface area is 61.8 Å². The van der Waals surface area contributed by atoms with Crippen LogP contribution >= 0.6 is 0 Å². The number of hydrogen-bond acceptors (Lipinski definition) is 3. The van der Waals surface area contributed by atoms with Crippen molar-refractivity contribution in [1.82, 2.24) is 0 Å². The third kappa shape index (κ3) is 4.52. The summed E-state index contributed by atoms with van der Waals surface area (Å²) in [7, 11) is -2.89. The highest BCUT2D eigenvalue weighted by atomic mass is 32.2. The second kappa shape index (κ2) is 4.46. The molecule has 0 spiro atoms. The van der Waals surface area contributed by atoms with Gasteiger partial charge in [0.2, 0.25) is 0 Å². The van der Waals surface area contributed by atoms with Gasteiger partial charge in [-0.25, -0.2) is 8.42 Å². The molecule has 2 N–H and O–H groups in total. The minimum absolute atomic E-state index is 0.0842. The third-order valence-electron chi connectivity index (χ3n) is 1.06. The minimum Gasteiger partial charge on any atom is -0.329 e. The number of nitrogens with two attached hydrogens (primary N) is 1. The SMILES string of the molecule is C=CCCS(=O)(=O)CCN. The lowest BCUT2D eigenvalue weighted by Gasteiger charge is -1.97. The van der Waals surface area contributed by atoms with Crippen LogP contribution in [0.3, 0.4) is 0 Å². The van der Waals surface area contributed by atoms with Gasteiger partial charge in [-0.05, 0) is 6.42 Å². The van der Waals surface area contributed by atoms with Crippen molar-refractivity contribution in [3.63, 3.8) is 0 Å². The van der Waals surface area contributed by atoms with E-state index in [1.165, 1.54) is 0 Å². The molecule has 10 heavy (non-hydrogen) atoms. The molecular formula is C6H13NO2S. The normalized spacial score (nSPS) is 11.3. The molecule has 0 aromatic heterocycles. The lowest BCUT2D eigenvalue weighted by atomic mass is 10.5. The molecule has 0 aromatic rings. The molecule has 0 aromatic carbocycles. The standard InChI is InChI=1S/C6H13NO2S/c1-2-3-5-10(8,9)6-4-7/h2H,1,3-7H2. The molecule has 0 unspecified atom stereocenters. The molecule has 0 saturated heterocycles. The molecule has 0 atom stereocenters. The first kappa shape index (κ1) is 9.65. The average Bonchev–Trinajstić information content (AvgIpc) is 1.84. The van der Waals surface area contributed by atoms with Gasteiger partial charge in [-0.15, -0.1) is 6.58 Å². The Morgan fingerprint density at radius 2 is 2.00 bits per heavy atom.